The van der Waals surface area contributed by atoms with Gasteiger partial charge in [0.25, 0.3) is 0 Å². The van der Waals surface area contributed by atoms with Crippen molar-refractivity contribution in [3.63, 3.8) is 0 Å². The molecular formula is C29H34FN3O6S. The highest BCUT2D eigenvalue weighted by Crippen LogP contribution is 2.34. The largest absolute Gasteiger partial charge is 0.497 e. The summed E-state index contributed by atoms with van der Waals surface area (Å²) < 4.78 is 51.2. The Bertz CT molecular complexity index is 1400. The first-order chi connectivity index (χ1) is 19.1. The minimum absolute atomic E-state index is 0.0550. The maximum atomic E-state index is 14.0. The van der Waals surface area contributed by atoms with Gasteiger partial charge in [0.05, 0.1) is 26.2 Å². The summed E-state index contributed by atoms with van der Waals surface area (Å²) in [6.45, 7) is 1.43. The molecule has 0 saturated heterocycles. The van der Waals surface area contributed by atoms with E-state index in [9.17, 15) is 22.4 Å². The smallest absolute Gasteiger partial charge is 0.244 e. The van der Waals surface area contributed by atoms with Gasteiger partial charge in [0, 0.05) is 25.6 Å². The molecule has 3 aromatic carbocycles. The molecule has 0 spiro atoms. The van der Waals surface area contributed by atoms with E-state index in [2.05, 4.69) is 5.32 Å². The second-order valence-electron chi connectivity index (χ2n) is 9.06. The summed E-state index contributed by atoms with van der Waals surface area (Å²) in [6, 6.07) is 18.4. The zero-order chi connectivity index (χ0) is 29.3. The van der Waals surface area contributed by atoms with Gasteiger partial charge in [-0.25, -0.2) is 12.8 Å². The van der Waals surface area contributed by atoms with Crippen LogP contribution in [-0.4, -0.2) is 64.7 Å². The number of carbonyl (C=O) groups excluding carboxylic acids is 2. The number of carbonyl (C=O) groups is 2. The maximum Gasteiger partial charge on any atom is 0.244 e. The number of methoxy groups -OCH3 is 2. The first-order valence-electron chi connectivity index (χ1n) is 12.6. The quantitative estimate of drug-likeness (QED) is 0.337. The fourth-order valence-electron chi connectivity index (χ4n) is 4.22. The molecule has 0 aliphatic carbocycles. The van der Waals surface area contributed by atoms with Crippen LogP contribution in [0.15, 0.2) is 72.8 Å². The number of hydrogen-bond acceptors (Lipinski definition) is 6. The van der Waals surface area contributed by atoms with Gasteiger partial charge in [-0.1, -0.05) is 42.5 Å². The third kappa shape index (κ3) is 7.95. The van der Waals surface area contributed by atoms with E-state index in [1.165, 1.54) is 49.5 Å². The maximum absolute atomic E-state index is 14.0. The Morgan fingerprint density at radius 3 is 2.20 bits per heavy atom. The number of halogens is 1. The number of ether oxygens (including phenoxy) is 2. The van der Waals surface area contributed by atoms with E-state index in [0.29, 0.717) is 17.9 Å². The molecule has 3 aromatic rings. The van der Waals surface area contributed by atoms with Gasteiger partial charge >= 0.3 is 0 Å². The monoisotopic (exact) mass is 571 g/mol. The van der Waals surface area contributed by atoms with Crippen LogP contribution < -0.4 is 19.1 Å². The molecule has 0 bridgehead atoms. The third-order valence-electron chi connectivity index (χ3n) is 6.22. The number of benzene rings is 3. The van der Waals surface area contributed by atoms with Crippen LogP contribution in [0.4, 0.5) is 10.1 Å². The molecule has 0 heterocycles. The summed E-state index contributed by atoms with van der Waals surface area (Å²) in [7, 11) is -1.17. The van der Waals surface area contributed by atoms with Crippen LogP contribution >= 0.6 is 0 Å². The van der Waals surface area contributed by atoms with Crippen LogP contribution in [0, 0.1) is 5.82 Å². The van der Waals surface area contributed by atoms with E-state index in [0.717, 1.165) is 16.1 Å². The average Bonchev–Trinajstić information content (AvgIpc) is 2.94. The predicted molar refractivity (Wildman–Crippen MR) is 151 cm³/mol. The van der Waals surface area contributed by atoms with Gasteiger partial charge in [0.15, 0.2) is 0 Å². The molecule has 2 amide bonds. The molecule has 0 aliphatic heterocycles. The molecule has 11 heteroatoms. The summed E-state index contributed by atoms with van der Waals surface area (Å²) in [6.07, 6.45) is 1.16. The lowest BCUT2D eigenvalue weighted by Crippen LogP contribution is -2.53. The van der Waals surface area contributed by atoms with E-state index >= 15 is 0 Å². The van der Waals surface area contributed by atoms with Crippen molar-refractivity contribution in [2.75, 3.05) is 37.9 Å². The minimum Gasteiger partial charge on any atom is -0.497 e. The SMILES string of the molecule is CCNC(=O)C(Cc1ccccc1)N(Cc1ccc(F)cc1)C(=O)CN(c1cc(OC)ccc1OC)S(C)(=O)=O. The fraction of sp³-hybridized carbons (Fsp3) is 0.310. The van der Waals surface area contributed by atoms with Gasteiger partial charge in [-0.3, -0.25) is 13.9 Å². The second-order valence-corrected chi connectivity index (χ2v) is 11.0. The minimum atomic E-state index is -4.00. The molecule has 9 nitrogen and oxygen atoms in total. The van der Waals surface area contributed by atoms with Crippen LogP contribution in [0.3, 0.4) is 0 Å². The second kappa shape index (κ2) is 13.8. The van der Waals surface area contributed by atoms with Gasteiger partial charge in [-0.05, 0) is 42.3 Å². The molecule has 0 radical (unpaired) electrons. The van der Waals surface area contributed by atoms with E-state index in [1.54, 1.807) is 19.1 Å². The molecule has 0 fully saturated rings. The molecule has 3 rings (SSSR count). The Balaban J connectivity index is 2.08. The molecule has 1 atom stereocenters. The first kappa shape index (κ1) is 30.4. The van der Waals surface area contributed by atoms with Gasteiger partial charge in [-0.15, -0.1) is 0 Å². The van der Waals surface area contributed by atoms with Crippen LogP contribution in [0.1, 0.15) is 18.1 Å². The van der Waals surface area contributed by atoms with Crippen molar-refractivity contribution in [2.24, 2.45) is 0 Å². The number of nitrogens with one attached hydrogen (secondary N) is 1. The Morgan fingerprint density at radius 2 is 1.62 bits per heavy atom. The number of hydrogen-bond donors (Lipinski definition) is 1. The molecule has 0 saturated carbocycles. The Labute approximate surface area is 234 Å². The number of likely N-dealkylation sites (N-methyl/N-ethyl adjacent to an activating group) is 1. The molecule has 1 unspecified atom stereocenters. The Hall–Kier alpha value is -4.12. The zero-order valence-electron chi connectivity index (χ0n) is 23.0. The number of anilines is 1. The van der Waals surface area contributed by atoms with E-state index in [-0.39, 0.29) is 24.4 Å². The van der Waals surface area contributed by atoms with Crippen molar-refractivity contribution in [1.82, 2.24) is 10.2 Å². The van der Waals surface area contributed by atoms with Crippen molar-refractivity contribution in [2.45, 2.75) is 25.9 Å². The normalized spacial score (nSPS) is 11.8. The summed E-state index contributed by atoms with van der Waals surface area (Å²) in [5.41, 5.74) is 1.49. The third-order valence-corrected chi connectivity index (χ3v) is 7.35. The first-order valence-corrected chi connectivity index (χ1v) is 14.5. The molecule has 1 N–H and O–H groups in total. The lowest BCUT2D eigenvalue weighted by atomic mass is 10.0. The summed E-state index contributed by atoms with van der Waals surface area (Å²) in [5, 5.41) is 2.78. The highest BCUT2D eigenvalue weighted by molar-refractivity contribution is 7.92. The van der Waals surface area contributed by atoms with Crippen molar-refractivity contribution in [3.8, 4) is 11.5 Å². The van der Waals surface area contributed by atoms with E-state index < -0.39 is 40.2 Å². The number of sulfonamides is 1. The molecule has 0 aliphatic rings. The molecule has 214 valence electrons. The van der Waals surface area contributed by atoms with Gasteiger partial charge in [0.1, 0.15) is 29.9 Å². The Morgan fingerprint density at radius 1 is 0.950 bits per heavy atom. The molecular weight excluding hydrogens is 537 g/mol. The fourth-order valence-corrected chi connectivity index (χ4v) is 5.06. The van der Waals surface area contributed by atoms with Gasteiger partial charge in [-0.2, -0.15) is 0 Å². The van der Waals surface area contributed by atoms with Crippen molar-refractivity contribution >= 4 is 27.5 Å². The van der Waals surface area contributed by atoms with Gasteiger partial charge in [0.2, 0.25) is 21.8 Å². The molecule has 40 heavy (non-hydrogen) atoms. The summed E-state index contributed by atoms with van der Waals surface area (Å²) in [5.74, 6) is -0.893. The summed E-state index contributed by atoms with van der Waals surface area (Å²) >= 11 is 0. The number of amides is 2. The predicted octanol–water partition coefficient (Wildman–Crippen LogP) is 3.39. The van der Waals surface area contributed by atoms with Gasteiger partial charge < -0.3 is 19.7 Å². The van der Waals surface area contributed by atoms with Crippen LogP contribution in [0.2, 0.25) is 0 Å². The standard InChI is InChI=1S/C29H34FN3O6S/c1-5-31-29(35)26(17-21-9-7-6-8-10-21)32(19-22-11-13-23(30)14-12-22)28(34)20-33(40(4,36)37)25-18-24(38-2)15-16-27(25)39-3/h6-16,18,26H,5,17,19-20H2,1-4H3,(H,31,35). The lowest BCUT2D eigenvalue weighted by Gasteiger charge is -2.33. The van der Waals surface area contributed by atoms with Crippen molar-refractivity contribution < 1.29 is 31.9 Å². The number of rotatable bonds is 13. The lowest BCUT2D eigenvalue weighted by molar-refractivity contribution is -0.140. The Kier molecular flexibility index (Phi) is 10.5. The summed E-state index contributed by atoms with van der Waals surface area (Å²) in [4.78, 5) is 28.7. The highest BCUT2D eigenvalue weighted by Gasteiger charge is 2.33. The van der Waals surface area contributed by atoms with Crippen LogP contribution in [0.5, 0.6) is 11.5 Å². The topological polar surface area (TPSA) is 105 Å². The zero-order valence-corrected chi connectivity index (χ0v) is 23.8. The van der Waals surface area contributed by atoms with E-state index in [4.69, 9.17) is 9.47 Å². The highest BCUT2D eigenvalue weighted by atomic mass is 32.2. The van der Waals surface area contributed by atoms with Crippen molar-refractivity contribution in [3.05, 3.63) is 89.7 Å². The van der Waals surface area contributed by atoms with Crippen molar-refractivity contribution in [1.29, 1.82) is 0 Å². The van der Waals surface area contributed by atoms with E-state index in [1.807, 2.05) is 30.3 Å². The number of nitrogens with zero attached hydrogens (tertiary/aromatic N) is 2. The van der Waals surface area contributed by atoms with Crippen LogP contribution in [-0.2, 0) is 32.6 Å². The van der Waals surface area contributed by atoms with Crippen LogP contribution in [0.25, 0.3) is 0 Å². The molecule has 0 aromatic heterocycles. The average molecular weight is 572 g/mol.